The second-order valence-electron chi connectivity index (χ2n) is 5.97. The molecular formula is C17H15FN2O4. The van der Waals surface area contributed by atoms with Gasteiger partial charge in [-0.2, -0.15) is 0 Å². The van der Waals surface area contributed by atoms with E-state index in [1.54, 1.807) is 18.2 Å². The minimum Gasteiger partial charge on any atom is -0.457 e. The van der Waals surface area contributed by atoms with Crippen LogP contribution in [0.1, 0.15) is 0 Å². The summed E-state index contributed by atoms with van der Waals surface area (Å²) in [4.78, 5) is 14.9. The van der Waals surface area contributed by atoms with Crippen LogP contribution in [0.4, 0.5) is 4.39 Å². The number of imidazole rings is 1. The minimum absolute atomic E-state index is 0.145. The van der Waals surface area contributed by atoms with Crippen molar-refractivity contribution in [3.05, 3.63) is 58.8 Å². The summed E-state index contributed by atoms with van der Waals surface area (Å²) < 4.78 is 25.1. The Morgan fingerprint density at radius 1 is 1.21 bits per heavy atom. The number of aliphatic hydroxyl groups is 1. The normalized spacial score (nSPS) is 16.1. The number of halogens is 1. The molecule has 0 saturated carbocycles. The maximum Gasteiger partial charge on any atom is 0.326 e. The molecule has 0 unspecified atom stereocenters. The summed E-state index contributed by atoms with van der Waals surface area (Å²) >= 11 is 0. The van der Waals surface area contributed by atoms with E-state index in [0.29, 0.717) is 22.5 Å². The van der Waals surface area contributed by atoms with Gasteiger partial charge in [0.1, 0.15) is 22.9 Å². The molecule has 2 heterocycles. The monoisotopic (exact) mass is 330 g/mol. The van der Waals surface area contributed by atoms with Gasteiger partial charge in [0.15, 0.2) is 0 Å². The van der Waals surface area contributed by atoms with Gasteiger partial charge in [0.05, 0.1) is 30.8 Å². The molecule has 1 aromatic heterocycles. The van der Waals surface area contributed by atoms with Crippen LogP contribution in [0.25, 0.3) is 11.0 Å². The second-order valence-corrected chi connectivity index (χ2v) is 5.97. The van der Waals surface area contributed by atoms with Crippen molar-refractivity contribution in [3.63, 3.8) is 0 Å². The highest BCUT2D eigenvalue weighted by Crippen LogP contribution is 2.26. The first kappa shape index (κ1) is 14.9. The van der Waals surface area contributed by atoms with Gasteiger partial charge in [-0.3, -0.25) is 4.57 Å². The number of hydrogen-bond acceptors (Lipinski definition) is 4. The van der Waals surface area contributed by atoms with Gasteiger partial charge in [-0.15, -0.1) is 0 Å². The van der Waals surface area contributed by atoms with E-state index >= 15 is 0 Å². The maximum atomic E-state index is 13.0. The average Bonchev–Trinajstić information content (AvgIpc) is 2.84. The van der Waals surface area contributed by atoms with Crippen molar-refractivity contribution in [2.45, 2.75) is 12.1 Å². The Bertz CT molecular complexity index is 941. The number of hydrogen-bond donors (Lipinski definition) is 2. The molecule has 1 aliphatic rings. The van der Waals surface area contributed by atoms with Gasteiger partial charge in [-0.1, -0.05) is 0 Å². The molecule has 1 saturated heterocycles. The van der Waals surface area contributed by atoms with Crippen molar-refractivity contribution in [1.82, 2.24) is 9.55 Å². The van der Waals surface area contributed by atoms with Crippen LogP contribution in [0, 0.1) is 5.82 Å². The number of benzene rings is 2. The maximum absolute atomic E-state index is 13.0. The fourth-order valence-electron chi connectivity index (χ4n) is 2.72. The van der Waals surface area contributed by atoms with Crippen molar-refractivity contribution in [1.29, 1.82) is 0 Å². The third-order valence-electron chi connectivity index (χ3n) is 3.99. The van der Waals surface area contributed by atoms with Crippen LogP contribution >= 0.6 is 0 Å². The van der Waals surface area contributed by atoms with Gasteiger partial charge >= 0.3 is 5.69 Å². The number of fused-ring (bicyclic) bond motifs is 1. The van der Waals surface area contributed by atoms with Gasteiger partial charge < -0.3 is 19.6 Å². The molecule has 0 aliphatic carbocycles. The van der Waals surface area contributed by atoms with Crippen LogP contribution in [0.3, 0.4) is 0 Å². The molecule has 2 aromatic carbocycles. The van der Waals surface area contributed by atoms with E-state index < -0.39 is 5.60 Å². The topological polar surface area (TPSA) is 76.5 Å². The number of ether oxygens (including phenoxy) is 2. The highest BCUT2D eigenvalue weighted by Gasteiger charge is 2.37. The Morgan fingerprint density at radius 2 is 1.92 bits per heavy atom. The van der Waals surface area contributed by atoms with E-state index in [9.17, 15) is 14.3 Å². The molecule has 0 radical (unpaired) electrons. The quantitative estimate of drug-likeness (QED) is 0.767. The van der Waals surface area contributed by atoms with Crippen LogP contribution in [0.15, 0.2) is 47.3 Å². The van der Waals surface area contributed by atoms with Crippen molar-refractivity contribution < 1.29 is 19.0 Å². The molecule has 6 nitrogen and oxygen atoms in total. The molecule has 7 heteroatoms. The van der Waals surface area contributed by atoms with E-state index in [0.717, 1.165) is 0 Å². The van der Waals surface area contributed by atoms with Gasteiger partial charge in [0, 0.05) is 6.07 Å². The largest absolute Gasteiger partial charge is 0.457 e. The average molecular weight is 330 g/mol. The predicted octanol–water partition coefficient (Wildman–Crippen LogP) is 2.02. The zero-order chi connectivity index (χ0) is 16.7. The number of H-pyrrole nitrogens is 1. The summed E-state index contributed by atoms with van der Waals surface area (Å²) in [5, 5.41) is 10.2. The fourth-order valence-corrected chi connectivity index (χ4v) is 2.72. The standard InChI is InChI=1S/C17H15FN2O4/c18-11-1-3-12(4-2-11)24-13-5-6-14-15(7-13)20(16(21)19-14)8-17(22)9-23-10-17/h1-7,22H,8-10H2,(H,19,21). The number of rotatable bonds is 4. The Labute approximate surface area is 136 Å². The van der Waals surface area contributed by atoms with Crippen LogP contribution in [-0.2, 0) is 11.3 Å². The van der Waals surface area contributed by atoms with Crippen LogP contribution in [0.2, 0.25) is 0 Å². The summed E-state index contributed by atoms with van der Waals surface area (Å²) in [7, 11) is 0. The lowest BCUT2D eigenvalue weighted by atomic mass is 10.0. The second kappa shape index (κ2) is 5.47. The molecule has 2 N–H and O–H groups in total. The zero-order valence-corrected chi connectivity index (χ0v) is 12.7. The Morgan fingerprint density at radius 3 is 2.58 bits per heavy atom. The molecule has 24 heavy (non-hydrogen) atoms. The van der Waals surface area contributed by atoms with E-state index in [1.807, 2.05) is 0 Å². The summed E-state index contributed by atoms with van der Waals surface area (Å²) in [6, 6.07) is 10.8. The SMILES string of the molecule is O=c1[nH]c2ccc(Oc3ccc(F)cc3)cc2n1CC1(O)COC1. The third kappa shape index (κ3) is 2.68. The summed E-state index contributed by atoms with van der Waals surface area (Å²) in [5.41, 5.74) is -0.0493. The molecule has 0 spiro atoms. The van der Waals surface area contributed by atoms with Crippen LogP contribution in [0.5, 0.6) is 11.5 Å². The number of aromatic amines is 1. The van der Waals surface area contributed by atoms with E-state index in [1.165, 1.54) is 28.8 Å². The van der Waals surface area contributed by atoms with Crippen LogP contribution in [-0.4, -0.2) is 33.5 Å². The van der Waals surface area contributed by atoms with E-state index in [4.69, 9.17) is 9.47 Å². The zero-order valence-electron chi connectivity index (χ0n) is 12.7. The lowest BCUT2D eigenvalue weighted by molar-refractivity contribution is -0.184. The predicted molar refractivity (Wildman–Crippen MR) is 84.8 cm³/mol. The molecule has 1 fully saturated rings. The number of nitrogens with one attached hydrogen (secondary N) is 1. The van der Waals surface area contributed by atoms with E-state index in [-0.39, 0.29) is 31.3 Å². The molecule has 1 aliphatic heterocycles. The Kier molecular flexibility index (Phi) is 3.40. The first-order valence-corrected chi connectivity index (χ1v) is 7.49. The molecule has 4 rings (SSSR count). The highest BCUT2D eigenvalue weighted by atomic mass is 19.1. The first-order valence-electron chi connectivity index (χ1n) is 7.49. The lowest BCUT2D eigenvalue weighted by Gasteiger charge is -2.36. The van der Waals surface area contributed by atoms with Crippen LogP contribution < -0.4 is 10.4 Å². The minimum atomic E-state index is -1.02. The molecule has 0 atom stereocenters. The van der Waals surface area contributed by atoms with Gasteiger partial charge in [0.2, 0.25) is 0 Å². The third-order valence-corrected chi connectivity index (χ3v) is 3.99. The van der Waals surface area contributed by atoms with Gasteiger partial charge in [-0.25, -0.2) is 9.18 Å². The molecule has 0 bridgehead atoms. The highest BCUT2D eigenvalue weighted by molar-refractivity contribution is 5.77. The molecule has 0 amide bonds. The van der Waals surface area contributed by atoms with Gasteiger partial charge in [-0.05, 0) is 36.4 Å². The molecule has 3 aromatic rings. The first-order chi connectivity index (χ1) is 11.5. The number of nitrogens with zero attached hydrogens (tertiary/aromatic N) is 1. The Hall–Kier alpha value is -2.64. The summed E-state index contributed by atoms with van der Waals surface area (Å²) in [6.45, 7) is 0.557. The smallest absolute Gasteiger partial charge is 0.326 e. The van der Waals surface area contributed by atoms with E-state index in [2.05, 4.69) is 4.98 Å². The molecular weight excluding hydrogens is 315 g/mol. The lowest BCUT2D eigenvalue weighted by Crippen LogP contribution is -2.53. The molecule has 124 valence electrons. The van der Waals surface area contributed by atoms with Gasteiger partial charge in [0.25, 0.3) is 0 Å². The summed E-state index contributed by atoms with van der Waals surface area (Å²) in [5.74, 6) is 0.665. The summed E-state index contributed by atoms with van der Waals surface area (Å²) in [6.07, 6.45) is 0. The Balaban J connectivity index is 1.68. The van der Waals surface area contributed by atoms with Crippen molar-refractivity contribution in [2.75, 3.05) is 13.2 Å². The van der Waals surface area contributed by atoms with Crippen molar-refractivity contribution in [3.8, 4) is 11.5 Å². The fraction of sp³-hybridized carbons (Fsp3) is 0.235. The van der Waals surface area contributed by atoms with Crippen molar-refractivity contribution in [2.24, 2.45) is 0 Å². The number of aromatic nitrogens is 2. The van der Waals surface area contributed by atoms with Crippen molar-refractivity contribution >= 4 is 11.0 Å².